The summed E-state index contributed by atoms with van der Waals surface area (Å²) in [7, 11) is 1.57. The Labute approximate surface area is 145 Å². The summed E-state index contributed by atoms with van der Waals surface area (Å²) in [5.41, 5.74) is 1.74. The first-order chi connectivity index (χ1) is 11.1. The van der Waals surface area contributed by atoms with Gasteiger partial charge in [-0.15, -0.1) is 0 Å². The number of methoxy groups -OCH3 is 1. The van der Waals surface area contributed by atoms with Crippen molar-refractivity contribution >= 4 is 34.8 Å². The molecule has 0 aliphatic heterocycles. The number of hydrogen-bond acceptors (Lipinski definition) is 3. The molecule has 2 N–H and O–H groups in total. The fourth-order valence-electron chi connectivity index (χ4n) is 2.02. The van der Waals surface area contributed by atoms with Crippen LogP contribution >= 0.6 is 23.2 Å². The van der Waals surface area contributed by atoms with Gasteiger partial charge in [0.05, 0.1) is 12.1 Å². The van der Waals surface area contributed by atoms with Crippen molar-refractivity contribution < 1.29 is 9.53 Å². The maximum absolute atomic E-state index is 11.8. The summed E-state index contributed by atoms with van der Waals surface area (Å²) in [5, 5.41) is 7.18. The van der Waals surface area contributed by atoms with E-state index in [0.717, 1.165) is 11.3 Å². The van der Waals surface area contributed by atoms with Crippen LogP contribution in [0.25, 0.3) is 0 Å². The lowest BCUT2D eigenvalue weighted by molar-refractivity contribution is -0.121. The van der Waals surface area contributed by atoms with Crippen LogP contribution in [0.1, 0.15) is 12.0 Å². The fourth-order valence-corrected chi connectivity index (χ4v) is 2.48. The van der Waals surface area contributed by atoms with E-state index in [1.165, 1.54) is 0 Å². The molecule has 122 valence electrons. The van der Waals surface area contributed by atoms with Crippen molar-refractivity contribution in [1.82, 2.24) is 5.32 Å². The largest absolute Gasteiger partial charge is 0.495 e. The van der Waals surface area contributed by atoms with E-state index in [4.69, 9.17) is 27.9 Å². The predicted octanol–water partition coefficient (Wildman–Crippen LogP) is 4.12. The summed E-state index contributed by atoms with van der Waals surface area (Å²) in [6, 6.07) is 12.8. The summed E-state index contributed by atoms with van der Waals surface area (Å²) in [6.45, 7) is 0.934. The average Bonchev–Trinajstić information content (AvgIpc) is 2.54. The quantitative estimate of drug-likeness (QED) is 0.787. The van der Waals surface area contributed by atoms with Gasteiger partial charge in [-0.05, 0) is 29.8 Å². The van der Waals surface area contributed by atoms with Crippen LogP contribution in [0.2, 0.25) is 10.0 Å². The molecule has 4 nitrogen and oxygen atoms in total. The number of benzene rings is 2. The SMILES string of the molecule is COc1ccc(NCCC(=O)NCc2ccccc2Cl)cc1Cl. The van der Waals surface area contributed by atoms with Crippen molar-refractivity contribution in [2.45, 2.75) is 13.0 Å². The van der Waals surface area contributed by atoms with Gasteiger partial charge in [0.25, 0.3) is 0 Å². The molecule has 0 aliphatic rings. The van der Waals surface area contributed by atoms with Crippen LogP contribution in [0.5, 0.6) is 5.75 Å². The van der Waals surface area contributed by atoms with Gasteiger partial charge in [-0.1, -0.05) is 41.4 Å². The van der Waals surface area contributed by atoms with E-state index >= 15 is 0 Å². The van der Waals surface area contributed by atoms with Crippen molar-refractivity contribution in [2.24, 2.45) is 0 Å². The van der Waals surface area contributed by atoms with Crippen LogP contribution in [-0.4, -0.2) is 19.6 Å². The van der Waals surface area contributed by atoms with Gasteiger partial charge in [0, 0.05) is 30.2 Å². The van der Waals surface area contributed by atoms with E-state index in [-0.39, 0.29) is 5.91 Å². The summed E-state index contributed by atoms with van der Waals surface area (Å²) in [6.07, 6.45) is 0.355. The molecular formula is C17H18Cl2N2O2. The number of rotatable bonds is 7. The Bertz CT molecular complexity index is 677. The Morgan fingerprint density at radius 3 is 2.61 bits per heavy atom. The highest BCUT2D eigenvalue weighted by Crippen LogP contribution is 2.27. The molecule has 0 heterocycles. The van der Waals surface area contributed by atoms with Gasteiger partial charge in [-0.3, -0.25) is 4.79 Å². The Kier molecular flexibility index (Phi) is 6.56. The second-order valence-corrected chi connectivity index (χ2v) is 5.71. The molecule has 23 heavy (non-hydrogen) atoms. The van der Waals surface area contributed by atoms with Crippen molar-refractivity contribution in [3.05, 3.63) is 58.1 Å². The molecule has 0 fully saturated rings. The minimum Gasteiger partial charge on any atom is -0.495 e. The summed E-state index contributed by atoms with van der Waals surface area (Å²) < 4.78 is 5.09. The third kappa shape index (κ3) is 5.34. The van der Waals surface area contributed by atoms with E-state index in [1.807, 2.05) is 24.3 Å². The minimum absolute atomic E-state index is 0.0444. The highest BCUT2D eigenvalue weighted by atomic mass is 35.5. The molecule has 0 spiro atoms. The Hall–Kier alpha value is -1.91. The fraction of sp³-hybridized carbons (Fsp3) is 0.235. The van der Waals surface area contributed by atoms with Crippen LogP contribution in [0.3, 0.4) is 0 Å². The molecule has 0 aromatic heterocycles. The molecule has 1 amide bonds. The molecule has 2 aromatic rings. The zero-order valence-electron chi connectivity index (χ0n) is 12.7. The lowest BCUT2D eigenvalue weighted by atomic mass is 10.2. The number of hydrogen-bond donors (Lipinski definition) is 2. The van der Waals surface area contributed by atoms with Gasteiger partial charge < -0.3 is 15.4 Å². The minimum atomic E-state index is -0.0444. The molecule has 0 radical (unpaired) electrons. The van der Waals surface area contributed by atoms with Gasteiger partial charge in [-0.2, -0.15) is 0 Å². The second-order valence-electron chi connectivity index (χ2n) is 4.89. The molecular weight excluding hydrogens is 335 g/mol. The zero-order valence-corrected chi connectivity index (χ0v) is 14.2. The van der Waals surface area contributed by atoms with Crippen LogP contribution in [0.4, 0.5) is 5.69 Å². The standard InChI is InChI=1S/C17H18Cl2N2O2/c1-23-16-7-6-13(10-15(16)19)20-9-8-17(22)21-11-12-4-2-3-5-14(12)18/h2-7,10,20H,8-9,11H2,1H3,(H,21,22). The van der Waals surface area contributed by atoms with Crippen LogP contribution in [0, 0.1) is 0 Å². The van der Waals surface area contributed by atoms with Crippen LogP contribution in [0.15, 0.2) is 42.5 Å². The summed E-state index contributed by atoms with van der Waals surface area (Å²) in [5.74, 6) is 0.576. The number of halogens is 2. The van der Waals surface area contributed by atoms with E-state index in [2.05, 4.69) is 10.6 Å². The Balaban J connectivity index is 1.74. The summed E-state index contributed by atoms with van der Waals surface area (Å²) >= 11 is 12.1. The highest BCUT2D eigenvalue weighted by molar-refractivity contribution is 6.32. The lowest BCUT2D eigenvalue weighted by Gasteiger charge is -2.10. The molecule has 0 atom stereocenters. The van der Waals surface area contributed by atoms with Gasteiger partial charge >= 0.3 is 0 Å². The molecule has 6 heteroatoms. The van der Waals surface area contributed by atoms with E-state index in [1.54, 1.807) is 25.3 Å². The number of anilines is 1. The Morgan fingerprint density at radius 1 is 1.13 bits per heavy atom. The van der Waals surface area contributed by atoms with Gasteiger partial charge in [0.2, 0.25) is 5.91 Å². The van der Waals surface area contributed by atoms with Gasteiger partial charge in [-0.25, -0.2) is 0 Å². The predicted molar refractivity (Wildman–Crippen MR) is 94.4 cm³/mol. The van der Waals surface area contributed by atoms with Crippen molar-refractivity contribution in [1.29, 1.82) is 0 Å². The number of nitrogens with one attached hydrogen (secondary N) is 2. The highest BCUT2D eigenvalue weighted by Gasteiger charge is 2.05. The topological polar surface area (TPSA) is 50.4 Å². The first kappa shape index (κ1) is 17.4. The van der Waals surface area contributed by atoms with Crippen molar-refractivity contribution in [2.75, 3.05) is 19.0 Å². The maximum atomic E-state index is 11.8. The van der Waals surface area contributed by atoms with Gasteiger partial charge in [0.1, 0.15) is 5.75 Å². The van der Waals surface area contributed by atoms with E-state index in [0.29, 0.717) is 35.3 Å². The smallest absolute Gasteiger partial charge is 0.222 e. The zero-order chi connectivity index (χ0) is 16.7. The maximum Gasteiger partial charge on any atom is 0.222 e. The number of amides is 1. The van der Waals surface area contributed by atoms with Crippen molar-refractivity contribution in [3.63, 3.8) is 0 Å². The molecule has 0 saturated carbocycles. The number of carbonyl (C=O) groups is 1. The monoisotopic (exact) mass is 352 g/mol. The molecule has 2 aromatic carbocycles. The normalized spacial score (nSPS) is 10.2. The molecule has 2 rings (SSSR count). The number of ether oxygens (including phenoxy) is 1. The molecule has 0 unspecified atom stereocenters. The molecule has 0 aliphatic carbocycles. The lowest BCUT2D eigenvalue weighted by Crippen LogP contribution is -2.25. The first-order valence-corrected chi connectivity index (χ1v) is 7.93. The van der Waals surface area contributed by atoms with Crippen molar-refractivity contribution in [3.8, 4) is 5.75 Å². The van der Waals surface area contributed by atoms with Crippen LogP contribution < -0.4 is 15.4 Å². The van der Waals surface area contributed by atoms with Crippen LogP contribution in [-0.2, 0) is 11.3 Å². The average molecular weight is 353 g/mol. The third-order valence-corrected chi connectivity index (χ3v) is 3.93. The van der Waals surface area contributed by atoms with Gasteiger partial charge in [0.15, 0.2) is 0 Å². The van der Waals surface area contributed by atoms with E-state index in [9.17, 15) is 4.79 Å². The first-order valence-electron chi connectivity index (χ1n) is 7.17. The molecule has 0 saturated heterocycles. The second kappa shape index (κ2) is 8.65. The number of carbonyl (C=O) groups excluding carboxylic acids is 1. The van der Waals surface area contributed by atoms with E-state index < -0.39 is 0 Å². The molecule has 0 bridgehead atoms. The summed E-state index contributed by atoms with van der Waals surface area (Å²) in [4.78, 5) is 11.8. The Morgan fingerprint density at radius 2 is 1.91 bits per heavy atom. The third-order valence-electron chi connectivity index (χ3n) is 3.27.